The van der Waals surface area contributed by atoms with Crippen molar-refractivity contribution >= 4 is 15.8 Å². The number of nitrogens with one attached hydrogen (secondary N) is 1. The van der Waals surface area contributed by atoms with Gasteiger partial charge in [-0.2, -0.15) is 4.31 Å². The third-order valence-corrected chi connectivity index (χ3v) is 4.92. The molecule has 0 atom stereocenters. The molecule has 1 rings (SSSR count). The summed E-state index contributed by atoms with van der Waals surface area (Å²) in [7, 11) is -3.49. The Morgan fingerprint density at radius 1 is 1.21 bits per heavy atom. The third-order valence-electron chi connectivity index (χ3n) is 2.69. The van der Waals surface area contributed by atoms with Gasteiger partial charge in [0.05, 0.1) is 0 Å². The zero-order chi connectivity index (χ0) is 14.6. The summed E-state index contributed by atoms with van der Waals surface area (Å²) >= 11 is 0. The molecule has 0 unspecified atom stereocenters. The second-order valence-corrected chi connectivity index (χ2v) is 6.78. The first kappa shape index (κ1) is 15.9. The molecule has 6 heteroatoms. The average molecular weight is 285 g/mol. The zero-order valence-corrected chi connectivity index (χ0v) is 13.0. The number of rotatable bonds is 6. The van der Waals surface area contributed by atoms with Gasteiger partial charge in [0.1, 0.15) is 10.7 Å². The molecule has 1 N–H and O–H groups in total. The Morgan fingerprint density at radius 3 is 2.16 bits per heavy atom. The van der Waals surface area contributed by atoms with E-state index in [9.17, 15) is 8.42 Å². The predicted octanol–water partition coefficient (Wildman–Crippen LogP) is 2.32. The average Bonchev–Trinajstić information content (AvgIpc) is 2.28. The van der Waals surface area contributed by atoms with Crippen molar-refractivity contribution in [3.05, 3.63) is 18.3 Å². The molecule has 0 spiro atoms. The highest BCUT2D eigenvalue weighted by atomic mass is 32.2. The summed E-state index contributed by atoms with van der Waals surface area (Å²) in [6, 6.07) is 3.12. The molecule has 0 aliphatic rings. The smallest absolute Gasteiger partial charge is 0.245 e. The summed E-state index contributed by atoms with van der Waals surface area (Å²) in [4.78, 5) is 4.35. The molecule has 0 saturated carbocycles. The van der Waals surface area contributed by atoms with E-state index < -0.39 is 10.0 Å². The Hall–Kier alpha value is -1.14. The fourth-order valence-corrected chi connectivity index (χ4v) is 3.87. The lowest BCUT2D eigenvalue weighted by Crippen LogP contribution is -2.41. The highest BCUT2D eigenvalue weighted by Crippen LogP contribution is 2.21. The fourth-order valence-electron chi connectivity index (χ4n) is 2.09. The molecule has 1 heterocycles. The first-order valence-corrected chi connectivity index (χ1v) is 7.98. The van der Waals surface area contributed by atoms with E-state index in [0.29, 0.717) is 5.82 Å². The van der Waals surface area contributed by atoms with Crippen molar-refractivity contribution in [2.45, 2.75) is 51.6 Å². The molecule has 0 aliphatic heterocycles. The van der Waals surface area contributed by atoms with Crippen LogP contribution in [0.15, 0.2) is 23.2 Å². The van der Waals surface area contributed by atoms with Crippen molar-refractivity contribution in [1.82, 2.24) is 9.29 Å². The summed E-state index contributed by atoms with van der Waals surface area (Å²) in [5.41, 5.74) is 0. The van der Waals surface area contributed by atoms with Crippen LogP contribution in [-0.4, -0.2) is 36.3 Å². The number of nitrogens with zero attached hydrogens (tertiary/aromatic N) is 2. The Kier molecular flexibility index (Phi) is 5.31. The highest BCUT2D eigenvalue weighted by Gasteiger charge is 2.29. The van der Waals surface area contributed by atoms with Crippen LogP contribution in [0.2, 0.25) is 0 Å². The highest BCUT2D eigenvalue weighted by molar-refractivity contribution is 7.89. The van der Waals surface area contributed by atoms with Crippen molar-refractivity contribution in [2.24, 2.45) is 0 Å². The van der Waals surface area contributed by atoms with E-state index in [-0.39, 0.29) is 17.0 Å². The molecule has 0 aromatic carbocycles. The van der Waals surface area contributed by atoms with E-state index in [0.717, 1.165) is 6.54 Å². The monoisotopic (exact) mass is 285 g/mol. The van der Waals surface area contributed by atoms with Crippen LogP contribution in [0.1, 0.15) is 34.6 Å². The van der Waals surface area contributed by atoms with Crippen molar-refractivity contribution in [1.29, 1.82) is 0 Å². The van der Waals surface area contributed by atoms with Crippen molar-refractivity contribution in [3.8, 4) is 0 Å². The Bertz CT molecular complexity index is 487. The molecule has 0 amide bonds. The largest absolute Gasteiger partial charge is 0.370 e. The van der Waals surface area contributed by atoms with Gasteiger partial charge in [0.2, 0.25) is 10.0 Å². The summed E-state index contributed by atoms with van der Waals surface area (Å²) in [5.74, 6) is 0.682. The third kappa shape index (κ3) is 3.67. The molecule has 0 radical (unpaired) electrons. The van der Waals surface area contributed by atoms with Crippen LogP contribution < -0.4 is 5.32 Å². The molecule has 0 aliphatic carbocycles. The lowest BCUT2D eigenvalue weighted by Gasteiger charge is -2.29. The molecule has 5 nitrogen and oxygen atoms in total. The molecule has 1 aromatic rings. The van der Waals surface area contributed by atoms with Gasteiger partial charge in [0.25, 0.3) is 0 Å². The lowest BCUT2D eigenvalue weighted by molar-refractivity contribution is 0.302. The number of hydrogen-bond acceptors (Lipinski definition) is 4. The van der Waals surface area contributed by atoms with Crippen LogP contribution >= 0.6 is 0 Å². The number of sulfonamides is 1. The van der Waals surface area contributed by atoms with Gasteiger partial charge >= 0.3 is 0 Å². The maximum Gasteiger partial charge on any atom is 0.245 e. The van der Waals surface area contributed by atoms with E-state index in [1.54, 1.807) is 12.1 Å². The molecule has 0 bridgehead atoms. The number of hydrogen-bond donors (Lipinski definition) is 1. The number of anilines is 1. The van der Waals surface area contributed by atoms with Crippen LogP contribution in [0.4, 0.5) is 5.82 Å². The maximum absolute atomic E-state index is 12.5. The van der Waals surface area contributed by atoms with E-state index in [4.69, 9.17) is 0 Å². The van der Waals surface area contributed by atoms with Crippen LogP contribution in [0.3, 0.4) is 0 Å². The fraction of sp³-hybridized carbons (Fsp3) is 0.615. The molecular weight excluding hydrogens is 262 g/mol. The number of aromatic nitrogens is 1. The molecule has 19 heavy (non-hydrogen) atoms. The van der Waals surface area contributed by atoms with Crippen molar-refractivity contribution < 1.29 is 8.42 Å². The van der Waals surface area contributed by atoms with Crippen molar-refractivity contribution in [3.63, 3.8) is 0 Å². The van der Waals surface area contributed by atoms with Gasteiger partial charge in [0, 0.05) is 24.8 Å². The van der Waals surface area contributed by atoms with Gasteiger partial charge in [-0.15, -0.1) is 0 Å². The van der Waals surface area contributed by atoms with Crippen LogP contribution in [0.5, 0.6) is 0 Å². The first-order valence-electron chi connectivity index (χ1n) is 6.54. The van der Waals surface area contributed by atoms with Gasteiger partial charge in [-0.1, -0.05) is 0 Å². The van der Waals surface area contributed by atoms with Crippen LogP contribution in [0.25, 0.3) is 0 Å². The van der Waals surface area contributed by atoms with Gasteiger partial charge in [0.15, 0.2) is 0 Å². The molecule has 1 aromatic heterocycles. The summed E-state index contributed by atoms with van der Waals surface area (Å²) in [6.45, 7) is 10.2. The van der Waals surface area contributed by atoms with Crippen molar-refractivity contribution in [2.75, 3.05) is 11.9 Å². The molecular formula is C13H23N3O2S. The normalized spacial score (nSPS) is 12.4. The standard InChI is InChI=1S/C13H23N3O2S/c1-6-14-13-8-7-12(9-15-13)19(17,18)16(10(2)3)11(4)5/h7-11H,6H2,1-5H3,(H,14,15). The van der Waals surface area contributed by atoms with E-state index >= 15 is 0 Å². The first-order chi connectivity index (χ1) is 8.80. The SMILES string of the molecule is CCNc1ccc(S(=O)(=O)N(C(C)C)C(C)C)cn1. The second-order valence-electron chi connectivity index (χ2n) is 4.93. The summed E-state index contributed by atoms with van der Waals surface area (Å²) in [5, 5.41) is 3.04. The van der Waals surface area contributed by atoms with E-state index in [2.05, 4.69) is 10.3 Å². The second kappa shape index (κ2) is 6.34. The minimum absolute atomic E-state index is 0.0848. The quantitative estimate of drug-likeness (QED) is 0.871. The summed E-state index contributed by atoms with van der Waals surface area (Å²) in [6.07, 6.45) is 1.41. The zero-order valence-electron chi connectivity index (χ0n) is 12.2. The summed E-state index contributed by atoms with van der Waals surface area (Å²) < 4.78 is 26.6. The number of pyridine rings is 1. The maximum atomic E-state index is 12.5. The van der Waals surface area contributed by atoms with Gasteiger partial charge in [-0.05, 0) is 46.8 Å². The van der Waals surface area contributed by atoms with Gasteiger partial charge < -0.3 is 5.32 Å². The Morgan fingerprint density at radius 2 is 1.79 bits per heavy atom. The van der Waals surface area contributed by atoms with E-state index in [1.165, 1.54) is 10.5 Å². The molecule has 108 valence electrons. The Balaban J connectivity index is 3.11. The van der Waals surface area contributed by atoms with Crippen LogP contribution in [0, 0.1) is 0 Å². The predicted molar refractivity (Wildman–Crippen MR) is 77.7 cm³/mol. The van der Waals surface area contributed by atoms with E-state index in [1.807, 2.05) is 34.6 Å². The minimum Gasteiger partial charge on any atom is -0.370 e. The molecule has 0 fully saturated rings. The lowest BCUT2D eigenvalue weighted by atomic mass is 10.3. The van der Waals surface area contributed by atoms with Crippen LogP contribution in [-0.2, 0) is 10.0 Å². The minimum atomic E-state index is -3.49. The topological polar surface area (TPSA) is 62.3 Å². The molecule has 0 saturated heterocycles. The van der Waals surface area contributed by atoms with Gasteiger partial charge in [-0.3, -0.25) is 0 Å². The van der Waals surface area contributed by atoms with Gasteiger partial charge in [-0.25, -0.2) is 13.4 Å². The Labute approximate surface area is 116 Å².